The molecule has 0 saturated carbocycles. The quantitative estimate of drug-likeness (QED) is 0.321. The molecule has 0 saturated heterocycles. The molecule has 1 atom stereocenters. The van der Waals surface area contributed by atoms with Crippen molar-refractivity contribution in [1.82, 2.24) is 5.32 Å². The van der Waals surface area contributed by atoms with Crippen LogP contribution in [0.2, 0.25) is 0 Å². The zero-order chi connectivity index (χ0) is 20.8. The summed E-state index contributed by atoms with van der Waals surface area (Å²) < 4.78 is 40.1. The van der Waals surface area contributed by atoms with Crippen molar-refractivity contribution in [3.63, 3.8) is 0 Å². The van der Waals surface area contributed by atoms with Crippen LogP contribution in [0.15, 0.2) is 59.8 Å². The first-order chi connectivity index (χ1) is 13.3. The summed E-state index contributed by atoms with van der Waals surface area (Å²) in [6.45, 7) is 3.11. The number of dihydropyridines is 1. The second-order valence-electron chi connectivity index (χ2n) is 5.68. The number of rotatable bonds is 7. The maximum absolute atomic E-state index is 12.8. The average molecular weight is 396 g/mol. The third kappa shape index (κ3) is 4.64. The molecule has 1 heterocycles. The van der Waals surface area contributed by atoms with Gasteiger partial charge in [-0.3, -0.25) is 10.1 Å². The van der Waals surface area contributed by atoms with Crippen molar-refractivity contribution >= 4 is 6.16 Å². The predicted molar refractivity (Wildman–Crippen MR) is 94.0 cm³/mol. The highest BCUT2D eigenvalue weighted by Gasteiger charge is 2.41. The molecule has 8 nitrogen and oxygen atoms in total. The highest BCUT2D eigenvalue weighted by molar-refractivity contribution is 5.63. The largest absolute Gasteiger partial charge is 0.513 e. The fraction of sp³-hybridized carbons (Fsp3) is 0.278. The van der Waals surface area contributed by atoms with Crippen molar-refractivity contribution in [2.75, 3.05) is 6.61 Å². The van der Waals surface area contributed by atoms with E-state index in [9.17, 15) is 23.7 Å². The lowest BCUT2D eigenvalue weighted by Gasteiger charge is -2.27. The number of hydrogen-bond donors (Lipinski definition) is 1. The molecule has 10 heteroatoms. The van der Waals surface area contributed by atoms with E-state index >= 15 is 0 Å². The molecular formula is C18H18F2N2O6. The number of nitrogens with zero attached hydrogens (tertiary/aromatic N) is 1. The molecule has 1 aliphatic rings. The van der Waals surface area contributed by atoms with Crippen LogP contribution in [0.1, 0.15) is 25.3 Å². The van der Waals surface area contributed by atoms with Crippen molar-refractivity contribution in [1.29, 1.82) is 0 Å². The molecule has 0 fully saturated rings. The molecule has 0 aromatic heterocycles. The first-order valence-electron chi connectivity index (χ1n) is 8.08. The van der Waals surface area contributed by atoms with E-state index in [1.54, 1.807) is 0 Å². The highest BCUT2D eigenvalue weighted by Crippen LogP contribution is 2.42. The molecule has 150 valence electrons. The Morgan fingerprint density at radius 2 is 2.04 bits per heavy atom. The van der Waals surface area contributed by atoms with Gasteiger partial charge in [-0.2, -0.15) is 8.78 Å². The van der Waals surface area contributed by atoms with E-state index in [1.165, 1.54) is 44.2 Å². The van der Waals surface area contributed by atoms with Gasteiger partial charge in [0.25, 0.3) is 5.70 Å². The van der Waals surface area contributed by atoms with Gasteiger partial charge in [-0.25, -0.2) is 4.79 Å². The molecule has 0 aliphatic carbocycles. The molecule has 0 bridgehead atoms. The Morgan fingerprint density at radius 1 is 1.36 bits per heavy atom. The minimum absolute atomic E-state index is 0.0428. The summed E-state index contributed by atoms with van der Waals surface area (Å²) in [5.74, 6) is -1.70. The van der Waals surface area contributed by atoms with Crippen LogP contribution in [0.5, 0.6) is 5.75 Å². The number of nitro groups is 1. The van der Waals surface area contributed by atoms with Crippen molar-refractivity contribution in [2.24, 2.45) is 0 Å². The lowest BCUT2D eigenvalue weighted by atomic mass is 9.89. The summed E-state index contributed by atoms with van der Waals surface area (Å²) >= 11 is 0. The van der Waals surface area contributed by atoms with Crippen LogP contribution >= 0.6 is 0 Å². The molecule has 28 heavy (non-hydrogen) atoms. The van der Waals surface area contributed by atoms with Gasteiger partial charge >= 0.3 is 12.8 Å². The van der Waals surface area contributed by atoms with Gasteiger partial charge < -0.3 is 19.5 Å². The Hall–Kier alpha value is -3.43. The van der Waals surface area contributed by atoms with Gasteiger partial charge in [0.15, 0.2) is 0 Å². The van der Waals surface area contributed by atoms with Crippen LogP contribution in [-0.4, -0.2) is 24.3 Å². The summed E-state index contributed by atoms with van der Waals surface area (Å²) in [5, 5.41) is 14.5. The number of hydrogen-bond acceptors (Lipinski definition) is 7. The maximum atomic E-state index is 12.8. The van der Waals surface area contributed by atoms with E-state index in [0.717, 1.165) is 0 Å². The van der Waals surface area contributed by atoms with E-state index in [-0.39, 0.29) is 40.8 Å². The monoisotopic (exact) mass is 396 g/mol. The lowest BCUT2D eigenvalue weighted by Crippen LogP contribution is -2.30. The molecule has 1 aromatic rings. The van der Waals surface area contributed by atoms with Crippen LogP contribution in [0, 0.1) is 10.1 Å². The number of carbonyl (C=O) groups is 1. The highest BCUT2D eigenvalue weighted by atomic mass is 19.3. The SMILES string of the molecule is C=CCOC(=O)OC1=C(C)NC(C)=C([N+](=O)[O-])C1c1ccccc1OC(F)F. The number of nitrogens with one attached hydrogen (secondary N) is 1. The van der Waals surface area contributed by atoms with Crippen LogP contribution in [0.4, 0.5) is 13.6 Å². The van der Waals surface area contributed by atoms with Crippen molar-refractivity contribution in [3.8, 4) is 5.75 Å². The summed E-state index contributed by atoms with van der Waals surface area (Å²) in [4.78, 5) is 23.0. The summed E-state index contributed by atoms with van der Waals surface area (Å²) in [6, 6.07) is 5.58. The summed E-state index contributed by atoms with van der Waals surface area (Å²) in [6.07, 6.45) is 0.202. The Bertz CT molecular complexity index is 850. The van der Waals surface area contributed by atoms with Crippen LogP contribution in [-0.2, 0) is 9.47 Å². The Labute approximate surface area is 159 Å². The van der Waals surface area contributed by atoms with Gasteiger partial charge in [0.1, 0.15) is 24.0 Å². The number of allylic oxidation sites excluding steroid dienone is 2. The molecule has 1 aliphatic heterocycles. The minimum Gasteiger partial charge on any atom is -0.435 e. The molecule has 0 radical (unpaired) electrons. The minimum atomic E-state index is -3.14. The number of halogens is 2. The number of para-hydroxylation sites is 1. The van der Waals surface area contributed by atoms with Crippen LogP contribution in [0.25, 0.3) is 0 Å². The van der Waals surface area contributed by atoms with Gasteiger partial charge in [0.05, 0.1) is 16.3 Å². The Morgan fingerprint density at radius 3 is 2.64 bits per heavy atom. The second-order valence-corrected chi connectivity index (χ2v) is 5.68. The number of ether oxygens (including phenoxy) is 3. The maximum Gasteiger partial charge on any atom is 0.513 e. The van der Waals surface area contributed by atoms with E-state index in [4.69, 9.17) is 9.47 Å². The smallest absolute Gasteiger partial charge is 0.435 e. The molecule has 1 unspecified atom stereocenters. The summed E-state index contributed by atoms with van der Waals surface area (Å²) in [5.41, 5.74) is 0.130. The van der Waals surface area contributed by atoms with Gasteiger partial charge in [-0.05, 0) is 19.9 Å². The zero-order valence-corrected chi connectivity index (χ0v) is 15.1. The fourth-order valence-corrected chi connectivity index (χ4v) is 2.80. The average Bonchev–Trinajstić information content (AvgIpc) is 2.61. The lowest BCUT2D eigenvalue weighted by molar-refractivity contribution is -0.431. The third-order valence-electron chi connectivity index (χ3n) is 3.82. The van der Waals surface area contributed by atoms with Crippen LogP contribution in [0.3, 0.4) is 0 Å². The zero-order valence-electron chi connectivity index (χ0n) is 15.1. The van der Waals surface area contributed by atoms with Gasteiger partial charge in [0.2, 0.25) is 0 Å². The van der Waals surface area contributed by atoms with Gasteiger partial charge in [-0.1, -0.05) is 30.9 Å². The standard InChI is InChI=1S/C18H18F2N2O6/c1-4-9-26-18(23)28-16-11(3)21-10(2)15(22(24)25)14(16)12-7-5-6-8-13(12)27-17(19)20/h4-8,14,17,21H,1,9H2,2-3H3. The molecular weight excluding hydrogens is 378 g/mol. The van der Waals surface area contributed by atoms with Crippen LogP contribution < -0.4 is 10.1 Å². The van der Waals surface area contributed by atoms with Crippen molar-refractivity contribution in [3.05, 3.63) is 75.4 Å². The predicted octanol–water partition coefficient (Wildman–Crippen LogP) is 4.05. The third-order valence-corrected chi connectivity index (χ3v) is 3.82. The number of carbonyl (C=O) groups excluding carboxylic acids is 1. The van der Waals surface area contributed by atoms with E-state index in [0.29, 0.717) is 0 Å². The normalized spacial score (nSPS) is 16.5. The molecule has 0 spiro atoms. The molecule has 1 N–H and O–H groups in total. The molecule has 1 aromatic carbocycles. The van der Waals surface area contributed by atoms with E-state index in [2.05, 4.69) is 16.6 Å². The first-order valence-corrected chi connectivity index (χ1v) is 8.08. The second kappa shape index (κ2) is 8.98. The summed E-state index contributed by atoms with van der Waals surface area (Å²) in [7, 11) is 0. The molecule has 2 rings (SSSR count). The number of benzene rings is 1. The van der Waals surface area contributed by atoms with Crippen molar-refractivity contribution in [2.45, 2.75) is 26.4 Å². The number of alkyl halides is 2. The van der Waals surface area contributed by atoms with E-state index in [1.807, 2.05) is 0 Å². The van der Waals surface area contributed by atoms with Gasteiger partial charge in [0, 0.05) is 5.56 Å². The fourth-order valence-electron chi connectivity index (χ4n) is 2.80. The van der Waals surface area contributed by atoms with Crippen molar-refractivity contribution < 1.29 is 32.7 Å². The van der Waals surface area contributed by atoms with E-state index < -0.39 is 23.6 Å². The van der Waals surface area contributed by atoms with Gasteiger partial charge in [-0.15, -0.1) is 0 Å². The Balaban J connectivity index is 2.58. The topological polar surface area (TPSA) is 99.9 Å². The molecule has 0 amide bonds. The first kappa shape index (κ1) is 20.9. The Kier molecular flexibility index (Phi) is 6.69.